The summed E-state index contributed by atoms with van der Waals surface area (Å²) in [5, 5.41) is 10.3. The number of fused-ring (bicyclic) bond motifs is 1. The van der Waals surface area contributed by atoms with Crippen LogP contribution in [0.3, 0.4) is 0 Å². The lowest BCUT2D eigenvalue weighted by atomic mass is 9.96. The molecule has 0 unspecified atom stereocenters. The molecule has 0 amide bonds. The van der Waals surface area contributed by atoms with E-state index >= 15 is 0 Å². The first kappa shape index (κ1) is 17.6. The molecule has 130 valence electrons. The topological polar surface area (TPSA) is 32.7 Å². The van der Waals surface area contributed by atoms with Crippen LogP contribution < -0.4 is 9.64 Å². The average Bonchev–Trinajstić information content (AvgIpc) is 2.61. The lowest BCUT2D eigenvalue weighted by Crippen LogP contribution is -2.57. The molecule has 4 heteroatoms. The molecule has 2 aromatic carbocycles. The first-order valence-electron chi connectivity index (χ1n) is 8.62. The smallest absolute Gasteiger partial charge is 0.159 e. The van der Waals surface area contributed by atoms with Gasteiger partial charge in [0.2, 0.25) is 0 Å². The molecule has 1 heterocycles. The van der Waals surface area contributed by atoms with Crippen molar-refractivity contribution in [3.05, 3.63) is 60.2 Å². The molecule has 3 rings (SSSR count). The molecular weight excluding hydrogens is 326 g/mol. The SMILES string of the molecule is C[Si](C)(C)C#C[C@]1(CO)COc2ccccc2N1Cc1ccccc1. The van der Waals surface area contributed by atoms with Gasteiger partial charge in [-0.3, -0.25) is 0 Å². The minimum Gasteiger partial charge on any atom is -0.488 e. The minimum atomic E-state index is -1.57. The zero-order valence-electron chi connectivity index (χ0n) is 15.1. The highest BCUT2D eigenvalue weighted by molar-refractivity contribution is 6.83. The molecule has 0 radical (unpaired) electrons. The van der Waals surface area contributed by atoms with Crippen molar-refractivity contribution in [1.29, 1.82) is 0 Å². The van der Waals surface area contributed by atoms with Crippen LogP contribution in [0.15, 0.2) is 54.6 Å². The quantitative estimate of drug-likeness (QED) is 0.676. The van der Waals surface area contributed by atoms with Gasteiger partial charge in [0.1, 0.15) is 20.4 Å². The van der Waals surface area contributed by atoms with Crippen molar-refractivity contribution in [2.24, 2.45) is 0 Å². The van der Waals surface area contributed by atoms with Crippen LogP contribution in [0.2, 0.25) is 19.6 Å². The second kappa shape index (κ2) is 6.95. The van der Waals surface area contributed by atoms with Crippen molar-refractivity contribution in [2.45, 2.75) is 31.7 Å². The second-order valence-corrected chi connectivity index (χ2v) is 12.3. The molecule has 0 spiro atoms. The summed E-state index contributed by atoms with van der Waals surface area (Å²) in [6.45, 7) is 7.62. The van der Waals surface area contributed by atoms with Gasteiger partial charge in [0, 0.05) is 6.54 Å². The number of para-hydroxylation sites is 2. The number of rotatable bonds is 3. The largest absolute Gasteiger partial charge is 0.488 e. The highest BCUT2D eigenvalue weighted by Crippen LogP contribution is 2.39. The molecule has 0 fully saturated rings. The molecule has 0 aliphatic carbocycles. The summed E-state index contributed by atoms with van der Waals surface area (Å²) < 4.78 is 5.97. The lowest BCUT2D eigenvalue weighted by Gasteiger charge is -2.45. The summed E-state index contributed by atoms with van der Waals surface area (Å²) >= 11 is 0. The van der Waals surface area contributed by atoms with Crippen LogP contribution in [-0.2, 0) is 6.54 Å². The Balaban J connectivity index is 2.07. The van der Waals surface area contributed by atoms with Crippen molar-refractivity contribution in [2.75, 3.05) is 18.1 Å². The van der Waals surface area contributed by atoms with E-state index in [2.05, 4.69) is 48.1 Å². The zero-order chi connectivity index (χ0) is 17.9. The zero-order valence-corrected chi connectivity index (χ0v) is 16.1. The van der Waals surface area contributed by atoms with Gasteiger partial charge in [-0.2, -0.15) is 0 Å². The number of hydrogen-bond donors (Lipinski definition) is 1. The molecule has 2 aromatic rings. The van der Waals surface area contributed by atoms with Crippen molar-refractivity contribution in [1.82, 2.24) is 0 Å². The maximum atomic E-state index is 10.3. The Labute approximate surface area is 151 Å². The molecule has 3 nitrogen and oxygen atoms in total. The second-order valence-electron chi connectivity index (χ2n) is 7.52. The Morgan fingerprint density at radius 3 is 2.44 bits per heavy atom. The van der Waals surface area contributed by atoms with E-state index in [1.807, 2.05) is 42.5 Å². The highest BCUT2D eigenvalue weighted by atomic mass is 28.3. The standard InChI is InChI=1S/C21H25NO2Si/c1-25(2,3)14-13-21(16-23)17-24-20-12-8-7-11-19(20)22(21)15-18-9-5-4-6-10-18/h4-12,23H,15-17H2,1-3H3/t21-/m0/s1. The Morgan fingerprint density at radius 2 is 1.76 bits per heavy atom. The van der Waals surface area contributed by atoms with Gasteiger partial charge in [-0.05, 0) is 17.7 Å². The fraction of sp³-hybridized carbons (Fsp3) is 0.333. The van der Waals surface area contributed by atoms with Crippen LogP contribution in [0, 0.1) is 11.5 Å². The number of nitrogens with zero attached hydrogens (tertiary/aromatic N) is 1. The Bertz CT molecular complexity index is 789. The summed E-state index contributed by atoms with van der Waals surface area (Å²) in [5.74, 6) is 4.24. The van der Waals surface area contributed by atoms with Crippen molar-refractivity contribution >= 4 is 13.8 Å². The molecule has 1 aliphatic rings. The van der Waals surface area contributed by atoms with E-state index in [-0.39, 0.29) is 6.61 Å². The average molecular weight is 352 g/mol. The lowest BCUT2D eigenvalue weighted by molar-refractivity contribution is 0.148. The highest BCUT2D eigenvalue weighted by Gasteiger charge is 2.41. The van der Waals surface area contributed by atoms with Crippen molar-refractivity contribution < 1.29 is 9.84 Å². The number of aliphatic hydroxyl groups is 1. The van der Waals surface area contributed by atoms with E-state index in [0.29, 0.717) is 13.2 Å². The molecule has 0 saturated carbocycles. The van der Waals surface area contributed by atoms with E-state index < -0.39 is 13.6 Å². The van der Waals surface area contributed by atoms with E-state index in [9.17, 15) is 5.11 Å². The third-order valence-electron chi connectivity index (χ3n) is 4.25. The first-order valence-corrected chi connectivity index (χ1v) is 12.1. The molecular formula is C21H25NO2Si. The van der Waals surface area contributed by atoms with Crippen LogP contribution in [0.4, 0.5) is 5.69 Å². The Hall–Kier alpha value is -2.22. The third-order valence-corrected chi connectivity index (χ3v) is 5.13. The maximum absolute atomic E-state index is 10.3. The van der Waals surface area contributed by atoms with Gasteiger partial charge in [0.05, 0.1) is 12.3 Å². The van der Waals surface area contributed by atoms with Gasteiger partial charge in [-0.25, -0.2) is 0 Å². The van der Waals surface area contributed by atoms with E-state index in [1.54, 1.807) is 0 Å². The number of aliphatic hydroxyl groups excluding tert-OH is 1. The van der Waals surface area contributed by atoms with E-state index in [4.69, 9.17) is 4.74 Å². The number of benzene rings is 2. The van der Waals surface area contributed by atoms with Gasteiger partial charge in [-0.15, -0.1) is 5.54 Å². The maximum Gasteiger partial charge on any atom is 0.159 e. The van der Waals surface area contributed by atoms with Gasteiger partial charge < -0.3 is 14.7 Å². The van der Waals surface area contributed by atoms with Crippen LogP contribution in [-0.4, -0.2) is 31.9 Å². The normalized spacial score (nSPS) is 19.4. The minimum absolute atomic E-state index is 0.0638. The van der Waals surface area contributed by atoms with Crippen molar-refractivity contribution in [3.63, 3.8) is 0 Å². The van der Waals surface area contributed by atoms with E-state index in [0.717, 1.165) is 11.4 Å². The van der Waals surface area contributed by atoms with Gasteiger partial charge in [0.25, 0.3) is 0 Å². The summed E-state index contributed by atoms with van der Waals surface area (Å²) in [7, 11) is -1.57. The molecule has 1 aliphatic heterocycles. The number of ether oxygens (including phenoxy) is 1. The summed E-state index contributed by atoms with van der Waals surface area (Å²) in [4.78, 5) is 2.20. The summed E-state index contributed by atoms with van der Waals surface area (Å²) in [6, 6.07) is 18.3. The monoisotopic (exact) mass is 351 g/mol. The fourth-order valence-electron chi connectivity index (χ4n) is 2.89. The van der Waals surface area contributed by atoms with Crippen LogP contribution >= 0.6 is 0 Å². The predicted octanol–water partition coefficient (Wildman–Crippen LogP) is 3.70. The van der Waals surface area contributed by atoms with Gasteiger partial charge >= 0.3 is 0 Å². The number of hydrogen-bond acceptors (Lipinski definition) is 3. The van der Waals surface area contributed by atoms with E-state index in [1.165, 1.54) is 5.56 Å². The van der Waals surface area contributed by atoms with Crippen LogP contribution in [0.1, 0.15) is 5.56 Å². The summed E-state index contributed by atoms with van der Waals surface area (Å²) in [6.07, 6.45) is 0. The first-order chi connectivity index (χ1) is 11.9. The number of anilines is 1. The molecule has 0 aromatic heterocycles. The predicted molar refractivity (Wildman–Crippen MR) is 106 cm³/mol. The van der Waals surface area contributed by atoms with Crippen molar-refractivity contribution in [3.8, 4) is 17.2 Å². The molecule has 25 heavy (non-hydrogen) atoms. The molecule has 0 saturated heterocycles. The molecule has 1 N–H and O–H groups in total. The Kier molecular flexibility index (Phi) is 4.89. The van der Waals surface area contributed by atoms with Gasteiger partial charge in [-0.1, -0.05) is 68.0 Å². The third kappa shape index (κ3) is 3.89. The summed E-state index contributed by atoms with van der Waals surface area (Å²) in [5.41, 5.74) is 4.89. The molecule has 1 atom stereocenters. The fourth-order valence-corrected chi connectivity index (χ4v) is 3.50. The molecule has 0 bridgehead atoms. The van der Waals surface area contributed by atoms with Crippen LogP contribution in [0.25, 0.3) is 0 Å². The van der Waals surface area contributed by atoms with Crippen LogP contribution in [0.5, 0.6) is 5.75 Å². The Morgan fingerprint density at radius 1 is 1.08 bits per heavy atom. The van der Waals surface area contributed by atoms with Gasteiger partial charge in [0.15, 0.2) is 5.54 Å².